The van der Waals surface area contributed by atoms with E-state index in [4.69, 9.17) is 23.4 Å². The largest absolute Gasteiger partial charge is 0.497 e. The Morgan fingerprint density at radius 2 is 1.91 bits per heavy atom. The fourth-order valence-corrected chi connectivity index (χ4v) is 2.64. The molecule has 6 nitrogen and oxygen atoms in total. The summed E-state index contributed by atoms with van der Waals surface area (Å²) in [5, 5.41) is 0.747. The summed E-state index contributed by atoms with van der Waals surface area (Å²) in [5.41, 5.74) is 0.660. The second-order valence-corrected chi connectivity index (χ2v) is 4.81. The van der Waals surface area contributed by atoms with Crippen LogP contribution in [-0.4, -0.2) is 21.0 Å². The standard InChI is InChI=1S/C16H12O6/c1-18-8-3-4-10-9(5-8)14(17)13-11(22-10)6-12-15(16(13)19-2)21-7-20-12/h3-6H,7H2,1-2H3. The van der Waals surface area contributed by atoms with Gasteiger partial charge in [0.25, 0.3) is 0 Å². The van der Waals surface area contributed by atoms with Crippen LogP contribution in [0, 0.1) is 0 Å². The molecule has 0 fully saturated rings. The van der Waals surface area contributed by atoms with E-state index in [1.807, 2.05) is 0 Å². The first-order valence-corrected chi connectivity index (χ1v) is 6.64. The molecule has 2 heterocycles. The Morgan fingerprint density at radius 3 is 2.68 bits per heavy atom. The van der Waals surface area contributed by atoms with Crippen molar-refractivity contribution in [2.45, 2.75) is 0 Å². The third-order valence-corrected chi connectivity index (χ3v) is 3.67. The van der Waals surface area contributed by atoms with Gasteiger partial charge in [-0.05, 0) is 18.2 Å². The van der Waals surface area contributed by atoms with Crippen molar-refractivity contribution in [3.8, 4) is 23.0 Å². The van der Waals surface area contributed by atoms with Gasteiger partial charge in [0.15, 0.2) is 11.5 Å². The highest BCUT2D eigenvalue weighted by molar-refractivity contribution is 5.96. The molecule has 0 aliphatic carbocycles. The summed E-state index contributed by atoms with van der Waals surface area (Å²) in [6, 6.07) is 6.73. The molecular formula is C16H12O6. The van der Waals surface area contributed by atoms with Crippen LogP contribution < -0.4 is 24.4 Å². The van der Waals surface area contributed by atoms with E-state index in [2.05, 4.69) is 0 Å². The molecule has 1 aliphatic rings. The summed E-state index contributed by atoms with van der Waals surface area (Å²) in [4.78, 5) is 12.8. The molecule has 4 rings (SSSR count). The van der Waals surface area contributed by atoms with Crippen LogP contribution in [0.3, 0.4) is 0 Å². The number of benzene rings is 2. The minimum Gasteiger partial charge on any atom is -0.497 e. The van der Waals surface area contributed by atoms with Crippen LogP contribution in [0.25, 0.3) is 21.9 Å². The predicted molar refractivity (Wildman–Crippen MR) is 79.2 cm³/mol. The molecule has 6 heteroatoms. The van der Waals surface area contributed by atoms with Gasteiger partial charge in [0.2, 0.25) is 18.0 Å². The van der Waals surface area contributed by atoms with Crippen LogP contribution in [0.5, 0.6) is 23.0 Å². The quantitative estimate of drug-likeness (QED) is 0.678. The molecule has 0 N–H and O–H groups in total. The zero-order valence-electron chi connectivity index (χ0n) is 12.0. The van der Waals surface area contributed by atoms with Gasteiger partial charge in [-0.15, -0.1) is 0 Å². The summed E-state index contributed by atoms with van der Waals surface area (Å²) < 4.78 is 27.1. The molecule has 0 spiro atoms. The van der Waals surface area contributed by atoms with E-state index in [1.54, 1.807) is 31.4 Å². The molecule has 0 amide bonds. The lowest BCUT2D eigenvalue weighted by molar-refractivity contribution is 0.171. The van der Waals surface area contributed by atoms with Crippen LogP contribution >= 0.6 is 0 Å². The maximum atomic E-state index is 12.8. The number of fused-ring (bicyclic) bond motifs is 3. The first kappa shape index (κ1) is 12.8. The van der Waals surface area contributed by atoms with Gasteiger partial charge in [0.05, 0.1) is 19.6 Å². The minimum absolute atomic E-state index is 0.0869. The average Bonchev–Trinajstić information content (AvgIpc) is 3.01. The highest BCUT2D eigenvalue weighted by atomic mass is 16.7. The molecule has 0 unspecified atom stereocenters. The molecule has 1 aromatic heterocycles. The van der Waals surface area contributed by atoms with E-state index >= 15 is 0 Å². The normalized spacial score (nSPS) is 12.8. The molecule has 0 radical (unpaired) electrons. The molecule has 0 saturated carbocycles. The summed E-state index contributed by atoms with van der Waals surface area (Å²) in [6.07, 6.45) is 0. The van der Waals surface area contributed by atoms with E-state index in [9.17, 15) is 4.79 Å². The van der Waals surface area contributed by atoms with E-state index < -0.39 is 0 Å². The van der Waals surface area contributed by atoms with E-state index in [-0.39, 0.29) is 12.2 Å². The van der Waals surface area contributed by atoms with Crippen molar-refractivity contribution < 1.29 is 23.4 Å². The Balaban J connectivity index is 2.18. The molecule has 3 aromatic rings. The summed E-state index contributed by atoms with van der Waals surface area (Å²) in [7, 11) is 3.02. The topological polar surface area (TPSA) is 67.1 Å². The average molecular weight is 300 g/mol. The molecule has 0 atom stereocenters. The molecule has 0 bridgehead atoms. The maximum Gasteiger partial charge on any atom is 0.231 e. The Morgan fingerprint density at radius 1 is 1.05 bits per heavy atom. The van der Waals surface area contributed by atoms with E-state index in [0.29, 0.717) is 44.9 Å². The molecular weight excluding hydrogens is 288 g/mol. The predicted octanol–water partition coefficient (Wildman–Crippen LogP) is 2.69. The lowest BCUT2D eigenvalue weighted by Crippen LogP contribution is -2.05. The van der Waals surface area contributed by atoms with Gasteiger partial charge in [-0.3, -0.25) is 4.79 Å². The number of hydrogen-bond acceptors (Lipinski definition) is 6. The lowest BCUT2D eigenvalue weighted by atomic mass is 10.1. The van der Waals surface area contributed by atoms with E-state index in [1.165, 1.54) is 7.11 Å². The van der Waals surface area contributed by atoms with Gasteiger partial charge in [0.1, 0.15) is 22.3 Å². The van der Waals surface area contributed by atoms with Gasteiger partial charge < -0.3 is 23.4 Å². The first-order chi connectivity index (χ1) is 10.7. The van der Waals surface area contributed by atoms with Crippen molar-refractivity contribution in [2.24, 2.45) is 0 Å². The van der Waals surface area contributed by atoms with Gasteiger partial charge in [0, 0.05) is 6.07 Å². The van der Waals surface area contributed by atoms with Crippen LogP contribution in [0.4, 0.5) is 0 Å². The third-order valence-electron chi connectivity index (χ3n) is 3.67. The second kappa shape index (κ2) is 4.56. The Hall–Kier alpha value is -2.89. The monoisotopic (exact) mass is 300 g/mol. The van der Waals surface area contributed by atoms with Crippen molar-refractivity contribution in [3.63, 3.8) is 0 Å². The fraction of sp³-hybridized carbons (Fsp3) is 0.188. The van der Waals surface area contributed by atoms with Crippen molar-refractivity contribution in [1.29, 1.82) is 0 Å². The minimum atomic E-state index is -0.203. The smallest absolute Gasteiger partial charge is 0.231 e. The number of methoxy groups -OCH3 is 2. The van der Waals surface area contributed by atoms with Crippen LogP contribution in [0.1, 0.15) is 0 Å². The van der Waals surface area contributed by atoms with Gasteiger partial charge in [-0.1, -0.05) is 0 Å². The van der Waals surface area contributed by atoms with E-state index in [0.717, 1.165) is 0 Å². The second-order valence-electron chi connectivity index (χ2n) is 4.81. The highest BCUT2D eigenvalue weighted by Gasteiger charge is 2.25. The van der Waals surface area contributed by atoms with Crippen molar-refractivity contribution in [3.05, 3.63) is 34.5 Å². The number of rotatable bonds is 2. The Bertz CT molecular complexity index is 956. The SMILES string of the molecule is COc1ccc2oc3cc4c(c(OC)c3c(=O)c2c1)OCO4. The van der Waals surface area contributed by atoms with Gasteiger partial charge in [-0.25, -0.2) is 0 Å². The summed E-state index contributed by atoms with van der Waals surface area (Å²) >= 11 is 0. The molecule has 2 aromatic carbocycles. The van der Waals surface area contributed by atoms with Gasteiger partial charge in [-0.2, -0.15) is 0 Å². The van der Waals surface area contributed by atoms with Crippen molar-refractivity contribution in [1.82, 2.24) is 0 Å². The summed E-state index contributed by atoms with van der Waals surface area (Å²) in [6.45, 7) is 0.0869. The number of hydrogen-bond donors (Lipinski definition) is 0. The fourth-order valence-electron chi connectivity index (χ4n) is 2.64. The lowest BCUT2D eigenvalue weighted by Gasteiger charge is -2.09. The first-order valence-electron chi connectivity index (χ1n) is 6.64. The Kier molecular flexibility index (Phi) is 2.66. The molecule has 112 valence electrons. The van der Waals surface area contributed by atoms with Crippen LogP contribution in [-0.2, 0) is 0 Å². The molecule has 0 saturated heterocycles. The summed E-state index contributed by atoms with van der Waals surface area (Å²) in [5.74, 6) is 1.83. The van der Waals surface area contributed by atoms with Crippen LogP contribution in [0.2, 0.25) is 0 Å². The number of ether oxygens (including phenoxy) is 4. The zero-order chi connectivity index (χ0) is 15.3. The third kappa shape index (κ3) is 1.64. The molecule has 1 aliphatic heterocycles. The zero-order valence-corrected chi connectivity index (χ0v) is 12.0. The van der Waals surface area contributed by atoms with Gasteiger partial charge >= 0.3 is 0 Å². The Labute approximate surface area is 124 Å². The van der Waals surface area contributed by atoms with Crippen molar-refractivity contribution in [2.75, 3.05) is 21.0 Å². The maximum absolute atomic E-state index is 12.8. The van der Waals surface area contributed by atoms with Crippen molar-refractivity contribution >= 4 is 21.9 Å². The van der Waals surface area contributed by atoms with Crippen LogP contribution in [0.15, 0.2) is 33.5 Å². The molecule has 22 heavy (non-hydrogen) atoms. The highest BCUT2D eigenvalue weighted by Crippen LogP contribution is 2.45.